The maximum absolute atomic E-state index is 11.7. The largest absolute Gasteiger partial charge is 0.379 e. The zero-order valence-corrected chi connectivity index (χ0v) is 12.0. The Bertz CT molecular complexity index is 431. The molecule has 0 aliphatic carbocycles. The molecule has 2 N–H and O–H groups in total. The Morgan fingerprint density at radius 1 is 1.35 bits per heavy atom. The van der Waals surface area contributed by atoms with Crippen LogP contribution in [0.4, 0.5) is 5.69 Å². The summed E-state index contributed by atoms with van der Waals surface area (Å²) in [6.45, 7) is 5.15. The summed E-state index contributed by atoms with van der Waals surface area (Å²) in [6, 6.07) is 8.06. The molecule has 1 aliphatic rings. The normalized spacial score (nSPS) is 16.1. The van der Waals surface area contributed by atoms with Gasteiger partial charge in [-0.05, 0) is 24.7 Å². The first-order valence-electron chi connectivity index (χ1n) is 7.11. The van der Waals surface area contributed by atoms with Gasteiger partial charge in [-0.15, -0.1) is 0 Å². The molecule has 5 heteroatoms. The third kappa shape index (κ3) is 4.92. The maximum Gasteiger partial charge on any atom is 0.225 e. The summed E-state index contributed by atoms with van der Waals surface area (Å²) in [5, 5.41) is 5.90. The monoisotopic (exact) mass is 277 g/mol. The first-order valence-corrected chi connectivity index (χ1v) is 7.11. The van der Waals surface area contributed by atoms with Crippen LogP contribution in [0.15, 0.2) is 24.3 Å². The van der Waals surface area contributed by atoms with Crippen molar-refractivity contribution in [3.63, 3.8) is 0 Å². The molecule has 5 nitrogen and oxygen atoms in total. The highest BCUT2D eigenvalue weighted by Gasteiger charge is 2.11. The number of amides is 1. The third-order valence-electron chi connectivity index (χ3n) is 3.32. The molecule has 0 saturated carbocycles. The quantitative estimate of drug-likeness (QED) is 0.816. The first kappa shape index (κ1) is 15.0. The Hall–Kier alpha value is -1.43. The summed E-state index contributed by atoms with van der Waals surface area (Å²) in [6.07, 6.45) is 0.490. The Labute approximate surface area is 120 Å². The van der Waals surface area contributed by atoms with Gasteiger partial charge in [0, 0.05) is 38.3 Å². The summed E-state index contributed by atoms with van der Waals surface area (Å²) in [5.74, 6) is 0.0443. The molecule has 0 atom stereocenters. The van der Waals surface area contributed by atoms with Gasteiger partial charge >= 0.3 is 0 Å². The van der Waals surface area contributed by atoms with Crippen LogP contribution < -0.4 is 10.6 Å². The molecule has 110 valence electrons. The smallest absolute Gasteiger partial charge is 0.225 e. The van der Waals surface area contributed by atoms with Gasteiger partial charge in [-0.2, -0.15) is 0 Å². The van der Waals surface area contributed by atoms with E-state index in [0.717, 1.165) is 38.5 Å². The van der Waals surface area contributed by atoms with Crippen molar-refractivity contribution >= 4 is 11.6 Å². The fourth-order valence-electron chi connectivity index (χ4n) is 2.23. The number of morpholine rings is 1. The number of ether oxygens (including phenoxy) is 1. The van der Waals surface area contributed by atoms with Crippen molar-refractivity contribution in [1.29, 1.82) is 0 Å². The van der Waals surface area contributed by atoms with Gasteiger partial charge in [-0.25, -0.2) is 0 Å². The third-order valence-corrected chi connectivity index (χ3v) is 3.32. The minimum atomic E-state index is 0.0443. The molecule has 1 saturated heterocycles. The van der Waals surface area contributed by atoms with E-state index >= 15 is 0 Å². The summed E-state index contributed by atoms with van der Waals surface area (Å²) < 4.78 is 5.35. The SMILES string of the molecule is CNCCC(=O)Nc1cccc(CN2CCOCC2)c1. The van der Waals surface area contributed by atoms with Gasteiger partial charge in [0.15, 0.2) is 0 Å². The van der Waals surface area contributed by atoms with Crippen LogP contribution in [0.1, 0.15) is 12.0 Å². The number of benzene rings is 1. The van der Waals surface area contributed by atoms with E-state index in [0.29, 0.717) is 13.0 Å². The van der Waals surface area contributed by atoms with Crippen LogP contribution in [-0.2, 0) is 16.1 Å². The van der Waals surface area contributed by atoms with E-state index < -0.39 is 0 Å². The molecule has 1 aromatic carbocycles. The zero-order valence-electron chi connectivity index (χ0n) is 12.0. The van der Waals surface area contributed by atoms with Gasteiger partial charge < -0.3 is 15.4 Å². The number of nitrogens with one attached hydrogen (secondary N) is 2. The number of hydrogen-bond acceptors (Lipinski definition) is 4. The highest BCUT2D eigenvalue weighted by molar-refractivity contribution is 5.90. The first-order chi connectivity index (χ1) is 9.78. The molecular weight excluding hydrogens is 254 g/mol. The van der Waals surface area contributed by atoms with Crippen LogP contribution in [0.3, 0.4) is 0 Å². The Morgan fingerprint density at radius 3 is 2.90 bits per heavy atom. The molecule has 0 unspecified atom stereocenters. The lowest BCUT2D eigenvalue weighted by Crippen LogP contribution is -2.35. The van der Waals surface area contributed by atoms with Crippen LogP contribution in [0.2, 0.25) is 0 Å². The minimum Gasteiger partial charge on any atom is -0.379 e. The molecule has 0 radical (unpaired) electrons. The van der Waals surface area contributed by atoms with E-state index in [9.17, 15) is 4.79 Å². The van der Waals surface area contributed by atoms with Crippen molar-refractivity contribution in [3.05, 3.63) is 29.8 Å². The molecule has 1 aliphatic heterocycles. The second-order valence-electron chi connectivity index (χ2n) is 4.99. The van der Waals surface area contributed by atoms with E-state index in [2.05, 4.69) is 21.6 Å². The van der Waals surface area contributed by atoms with Crippen LogP contribution in [0.25, 0.3) is 0 Å². The highest BCUT2D eigenvalue weighted by atomic mass is 16.5. The molecule has 2 rings (SSSR count). The van der Waals surface area contributed by atoms with Crippen LogP contribution in [0, 0.1) is 0 Å². The average Bonchev–Trinajstić information content (AvgIpc) is 2.46. The van der Waals surface area contributed by atoms with Gasteiger partial charge in [0.1, 0.15) is 0 Å². The molecule has 0 bridgehead atoms. The van der Waals surface area contributed by atoms with Crippen molar-refractivity contribution < 1.29 is 9.53 Å². The van der Waals surface area contributed by atoms with Crippen molar-refractivity contribution in [2.24, 2.45) is 0 Å². The van der Waals surface area contributed by atoms with E-state index in [-0.39, 0.29) is 5.91 Å². The number of carbonyl (C=O) groups excluding carboxylic acids is 1. The highest BCUT2D eigenvalue weighted by Crippen LogP contribution is 2.13. The molecule has 0 spiro atoms. The van der Waals surface area contributed by atoms with E-state index in [1.165, 1.54) is 5.56 Å². The fraction of sp³-hybridized carbons (Fsp3) is 0.533. The van der Waals surface area contributed by atoms with Crippen molar-refractivity contribution in [2.45, 2.75) is 13.0 Å². The van der Waals surface area contributed by atoms with Gasteiger partial charge in [-0.3, -0.25) is 9.69 Å². The minimum absolute atomic E-state index is 0.0443. The van der Waals surface area contributed by atoms with Gasteiger partial charge in [-0.1, -0.05) is 12.1 Å². The summed E-state index contributed by atoms with van der Waals surface area (Å²) in [7, 11) is 1.84. The second-order valence-corrected chi connectivity index (χ2v) is 4.99. The maximum atomic E-state index is 11.7. The van der Waals surface area contributed by atoms with Crippen molar-refractivity contribution in [1.82, 2.24) is 10.2 Å². The molecular formula is C15H23N3O2. The van der Waals surface area contributed by atoms with Gasteiger partial charge in [0.25, 0.3) is 0 Å². The van der Waals surface area contributed by atoms with Crippen molar-refractivity contribution in [2.75, 3.05) is 45.2 Å². The summed E-state index contributed by atoms with van der Waals surface area (Å²) in [4.78, 5) is 14.1. The van der Waals surface area contributed by atoms with E-state index in [1.54, 1.807) is 0 Å². The average molecular weight is 277 g/mol. The fourth-order valence-corrected chi connectivity index (χ4v) is 2.23. The van der Waals surface area contributed by atoms with Crippen LogP contribution in [0.5, 0.6) is 0 Å². The van der Waals surface area contributed by atoms with Crippen molar-refractivity contribution in [3.8, 4) is 0 Å². The predicted molar refractivity (Wildman–Crippen MR) is 79.7 cm³/mol. The molecule has 1 amide bonds. The topological polar surface area (TPSA) is 53.6 Å². The molecule has 20 heavy (non-hydrogen) atoms. The Balaban J connectivity index is 1.88. The lowest BCUT2D eigenvalue weighted by molar-refractivity contribution is -0.116. The lowest BCUT2D eigenvalue weighted by Gasteiger charge is -2.26. The standard InChI is InChI=1S/C15H23N3O2/c1-16-6-5-15(19)17-14-4-2-3-13(11-14)12-18-7-9-20-10-8-18/h2-4,11,16H,5-10,12H2,1H3,(H,17,19). The summed E-state index contributed by atoms with van der Waals surface area (Å²) in [5.41, 5.74) is 2.09. The Kier molecular flexibility index (Phi) is 5.98. The summed E-state index contributed by atoms with van der Waals surface area (Å²) >= 11 is 0. The van der Waals surface area contributed by atoms with E-state index in [4.69, 9.17) is 4.74 Å². The molecule has 0 aromatic heterocycles. The van der Waals surface area contributed by atoms with Gasteiger partial charge in [0.05, 0.1) is 13.2 Å². The number of hydrogen-bond donors (Lipinski definition) is 2. The number of rotatable bonds is 6. The van der Waals surface area contributed by atoms with Gasteiger partial charge in [0.2, 0.25) is 5.91 Å². The number of nitrogens with zero attached hydrogens (tertiary/aromatic N) is 1. The van der Waals surface area contributed by atoms with E-state index in [1.807, 2.05) is 25.2 Å². The molecule has 1 aromatic rings. The van der Waals surface area contributed by atoms with Crippen LogP contribution in [-0.4, -0.2) is 50.7 Å². The second kappa shape index (κ2) is 7.99. The number of carbonyl (C=O) groups is 1. The number of anilines is 1. The molecule has 1 heterocycles. The predicted octanol–water partition coefficient (Wildman–Crippen LogP) is 1.07. The zero-order chi connectivity index (χ0) is 14.2. The lowest BCUT2D eigenvalue weighted by atomic mass is 10.1. The van der Waals surface area contributed by atoms with Crippen LogP contribution >= 0.6 is 0 Å². The Morgan fingerprint density at radius 2 is 2.15 bits per heavy atom. The molecule has 1 fully saturated rings.